The summed E-state index contributed by atoms with van der Waals surface area (Å²) >= 11 is 0. The van der Waals surface area contributed by atoms with Crippen LogP contribution in [0.5, 0.6) is 0 Å². The predicted octanol–water partition coefficient (Wildman–Crippen LogP) is 1.40. The number of aromatic nitrogens is 2. The number of hydrogen-bond acceptors (Lipinski definition) is 6. The van der Waals surface area contributed by atoms with Crippen molar-refractivity contribution < 1.29 is 18.6 Å². The summed E-state index contributed by atoms with van der Waals surface area (Å²) in [6.45, 7) is 2.98. The summed E-state index contributed by atoms with van der Waals surface area (Å²) < 4.78 is 32.3. The van der Waals surface area contributed by atoms with Gasteiger partial charge in [-0.25, -0.2) is 13.8 Å². The molecule has 0 aromatic carbocycles. The van der Waals surface area contributed by atoms with Gasteiger partial charge in [-0.1, -0.05) is 0 Å². The number of ether oxygens (including phenoxy) is 1. The predicted molar refractivity (Wildman–Crippen MR) is 84.8 cm³/mol. The summed E-state index contributed by atoms with van der Waals surface area (Å²) in [4.78, 5) is 13.1. The van der Waals surface area contributed by atoms with Crippen LogP contribution in [0.15, 0.2) is 6.07 Å². The molecule has 0 spiro atoms. The minimum absolute atomic E-state index is 0.142. The number of rotatable bonds is 3. The van der Waals surface area contributed by atoms with E-state index in [1.165, 1.54) is 0 Å². The van der Waals surface area contributed by atoms with Crippen molar-refractivity contribution >= 4 is 11.8 Å². The zero-order valence-electron chi connectivity index (χ0n) is 13.5. The van der Waals surface area contributed by atoms with Crippen LogP contribution in [0.2, 0.25) is 0 Å². The number of aliphatic hydroxyl groups excluding tert-OH is 1. The van der Waals surface area contributed by atoms with Gasteiger partial charge < -0.3 is 19.6 Å². The van der Waals surface area contributed by atoms with Gasteiger partial charge in [-0.15, -0.1) is 0 Å². The summed E-state index contributed by atoms with van der Waals surface area (Å²) in [6, 6.07) is 1.92. The van der Waals surface area contributed by atoms with Gasteiger partial charge in [0.15, 0.2) is 0 Å². The van der Waals surface area contributed by atoms with Crippen molar-refractivity contribution in [1.82, 2.24) is 9.97 Å². The first kappa shape index (κ1) is 16.0. The second-order valence-electron chi connectivity index (χ2n) is 6.91. The van der Waals surface area contributed by atoms with Crippen LogP contribution in [-0.2, 0) is 4.74 Å². The highest BCUT2D eigenvalue weighted by Gasteiger charge is 2.35. The van der Waals surface area contributed by atoms with E-state index in [1.807, 2.05) is 15.9 Å². The van der Waals surface area contributed by atoms with Crippen molar-refractivity contribution in [2.45, 2.75) is 37.2 Å². The fraction of sp³-hybridized carbons (Fsp3) is 0.750. The van der Waals surface area contributed by atoms with Crippen LogP contribution in [0.25, 0.3) is 0 Å². The van der Waals surface area contributed by atoms with E-state index in [1.54, 1.807) is 0 Å². The number of alkyl halides is 2. The standard InChI is InChI=1S/C16H22F2N4O2/c17-16(18)2-4-21(5-3-16)14-7-13(11-1-6-24-10-11)19-15(20-14)22-8-12(23)9-22/h7,11-12,23H,1-6,8-10H2/t11-/m1/s1. The smallest absolute Gasteiger partial charge is 0.251 e. The topological polar surface area (TPSA) is 61.7 Å². The first-order valence-corrected chi connectivity index (χ1v) is 8.53. The van der Waals surface area contributed by atoms with E-state index in [4.69, 9.17) is 4.74 Å². The largest absolute Gasteiger partial charge is 0.389 e. The molecule has 4 rings (SSSR count). The number of halogens is 2. The lowest BCUT2D eigenvalue weighted by Gasteiger charge is -2.37. The maximum absolute atomic E-state index is 13.4. The second kappa shape index (κ2) is 6.07. The van der Waals surface area contributed by atoms with Crippen LogP contribution in [0.3, 0.4) is 0 Å². The lowest BCUT2D eigenvalue weighted by atomic mass is 10.0. The Kier molecular flexibility index (Phi) is 4.04. The van der Waals surface area contributed by atoms with Crippen molar-refractivity contribution in [3.05, 3.63) is 11.8 Å². The van der Waals surface area contributed by atoms with E-state index in [-0.39, 0.29) is 24.9 Å². The molecular weight excluding hydrogens is 318 g/mol. The average molecular weight is 340 g/mol. The van der Waals surface area contributed by atoms with Crippen LogP contribution in [0, 0.1) is 0 Å². The number of β-amino-alcohol motifs (C(OH)–C–C–N with tert-alkyl or cyclic N) is 1. The minimum Gasteiger partial charge on any atom is -0.389 e. The first-order valence-electron chi connectivity index (χ1n) is 8.53. The van der Waals surface area contributed by atoms with Crippen molar-refractivity contribution in [1.29, 1.82) is 0 Å². The second-order valence-corrected chi connectivity index (χ2v) is 6.91. The Hall–Kier alpha value is -1.54. The third-order valence-electron chi connectivity index (χ3n) is 5.03. The Morgan fingerprint density at radius 3 is 2.54 bits per heavy atom. The Balaban J connectivity index is 1.60. The highest BCUT2D eigenvalue weighted by atomic mass is 19.3. The molecule has 4 heterocycles. The fourth-order valence-corrected chi connectivity index (χ4v) is 3.40. The summed E-state index contributed by atoms with van der Waals surface area (Å²) in [7, 11) is 0. The number of aliphatic hydroxyl groups is 1. The minimum atomic E-state index is -2.57. The maximum atomic E-state index is 13.4. The monoisotopic (exact) mass is 340 g/mol. The summed E-state index contributed by atoms with van der Waals surface area (Å²) in [6.07, 6.45) is 0.285. The van der Waals surface area contributed by atoms with Crippen LogP contribution in [0.4, 0.5) is 20.5 Å². The zero-order chi connectivity index (χ0) is 16.7. The highest BCUT2D eigenvalue weighted by Crippen LogP contribution is 2.33. The number of nitrogens with zero attached hydrogens (tertiary/aromatic N) is 4. The summed E-state index contributed by atoms with van der Waals surface area (Å²) in [5, 5.41) is 9.53. The van der Waals surface area contributed by atoms with Crippen LogP contribution < -0.4 is 9.80 Å². The van der Waals surface area contributed by atoms with Crippen molar-refractivity contribution in [3.8, 4) is 0 Å². The molecule has 0 aliphatic carbocycles. The lowest BCUT2D eigenvalue weighted by molar-refractivity contribution is -0.0221. The van der Waals surface area contributed by atoms with E-state index in [9.17, 15) is 13.9 Å². The molecule has 3 aliphatic rings. The van der Waals surface area contributed by atoms with Crippen molar-refractivity contribution in [2.24, 2.45) is 0 Å². The molecule has 0 radical (unpaired) electrons. The molecule has 1 N–H and O–H groups in total. The third kappa shape index (κ3) is 3.17. The maximum Gasteiger partial charge on any atom is 0.251 e. The number of piperidine rings is 1. The van der Waals surface area contributed by atoms with E-state index in [0.29, 0.717) is 44.6 Å². The van der Waals surface area contributed by atoms with Gasteiger partial charge in [0.25, 0.3) is 5.92 Å². The van der Waals surface area contributed by atoms with Gasteiger partial charge in [0.05, 0.1) is 18.4 Å². The van der Waals surface area contributed by atoms with Crippen molar-refractivity contribution in [3.63, 3.8) is 0 Å². The molecule has 0 unspecified atom stereocenters. The molecule has 24 heavy (non-hydrogen) atoms. The highest BCUT2D eigenvalue weighted by molar-refractivity contribution is 5.48. The molecule has 1 atom stereocenters. The Bertz CT molecular complexity index is 594. The normalized spacial score (nSPS) is 27.4. The van der Waals surface area contributed by atoms with E-state index >= 15 is 0 Å². The molecule has 3 saturated heterocycles. The quantitative estimate of drug-likeness (QED) is 0.897. The van der Waals surface area contributed by atoms with Gasteiger partial charge >= 0.3 is 0 Å². The summed E-state index contributed by atoms with van der Waals surface area (Å²) in [5.74, 6) is -1.06. The lowest BCUT2D eigenvalue weighted by Crippen LogP contribution is -2.51. The van der Waals surface area contributed by atoms with E-state index < -0.39 is 5.92 Å². The SMILES string of the molecule is OC1CN(c2nc([C@@H]3CCOC3)cc(N3CCC(F)(F)CC3)n2)C1. The Morgan fingerprint density at radius 2 is 1.92 bits per heavy atom. The number of hydrogen-bond donors (Lipinski definition) is 1. The molecule has 0 bridgehead atoms. The van der Waals surface area contributed by atoms with Crippen LogP contribution in [0.1, 0.15) is 30.9 Å². The van der Waals surface area contributed by atoms with Crippen LogP contribution >= 0.6 is 0 Å². The fourth-order valence-electron chi connectivity index (χ4n) is 3.40. The molecule has 8 heteroatoms. The Labute approximate surface area is 139 Å². The average Bonchev–Trinajstić information content (AvgIpc) is 3.06. The molecule has 6 nitrogen and oxygen atoms in total. The molecule has 0 saturated carbocycles. The van der Waals surface area contributed by atoms with Gasteiger partial charge in [-0.3, -0.25) is 0 Å². The molecule has 1 aromatic heterocycles. The van der Waals surface area contributed by atoms with Crippen molar-refractivity contribution in [2.75, 3.05) is 49.2 Å². The molecule has 1 aromatic rings. The molecular formula is C16H22F2N4O2. The third-order valence-corrected chi connectivity index (χ3v) is 5.03. The molecule has 3 aliphatic heterocycles. The molecule has 3 fully saturated rings. The molecule has 132 valence electrons. The Morgan fingerprint density at radius 1 is 1.17 bits per heavy atom. The van der Waals surface area contributed by atoms with Gasteiger partial charge in [-0.2, -0.15) is 4.98 Å². The van der Waals surface area contributed by atoms with Gasteiger partial charge in [0, 0.05) is 57.6 Å². The zero-order valence-corrected chi connectivity index (χ0v) is 13.5. The van der Waals surface area contributed by atoms with Gasteiger partial charge in [0.1, 0.15) is 5.82 Å². The summed E-state index contributed by atoms with van der Waals surface area (Å²) in [5.41, 5.74) is 0.909. The van der Waals surface area contributed by atoms with Gasteiger partial charge in [0.2, 0.25) is 5.95 Å². The number of anilines is 2. The van der Waals surface area contributed by atoms with E-state index in [2.05, 4.69) is 9.97 Å². The molecule has 0 amide bonds. The van der Waals surface area contributed by atoms with E-state index in [0.717, 1.165) is 18.7 Å². The van der Waals surface area contributed by atoms with Gasteiger partial charge in [-0.05, 0) is 6.42 Å². The van der Waals surface area contributed by atoms with Crippen LogP contribution in [-0.4, -0.2) is 66.5 Å². The first-order chi connectivity index (χ1) is 11.5.